The Morgan fingerprint density at radius 1 is 0.951 bits per heavy atom. The molecule has 4 N–H and O–H groups in total. The minimum absolute atomic E-state index is 0. The van der Waals surface area contributed by atoms with Crippen LogP contribution in [0.3, 0.4) is 0 Å². The van der Waals surface area contributed by atoms with Gasteiger partial charge in [0.2, 0.25) is 5.91 Å². The Balaban J connectivity index is 0.00000231. The van der Waals surface area contributed by atoms with E-state index in [1.165, 1.54) is 12.1 Å². The lowest BCUT2D eigenvalue weighted by molar-refractivity contribution is -0.118. The van der Waals surface area contributed by atoms with Gasteiger partial charge in [-0.3, -0.25) is 14.6 Å². The van der Waals surface area contributed by atoms with Crippen LogP contribution in [0.4, 0.5) is 10.1 Å². The lowest BCUT2D eigenvalue weighted by Gasteiger charge is -2.18. The van der Waals surface area contributed by atoms with Crippen LogP contribution in [0.5, 0.6) is 0 Å². The number of anilines is 1. The number of nitrogens with one attached hydrogen (secondary N) is 2. The average molecular weight is 596 g/mol. The molecule has 0 atom stereocenters. The van der Waals surface area contributed by atoms with Crippen LogP contribution in [0.1, 0.15) is 29.3 Å². The maximum atomic E-state index is 13.2. The molecule has 0 fully saturated rings. The number of H-pyrrole nitrogens is 1. The molecule has 0 aliphatic rings. The minimum atomic E-state index is -0.325. The van der Waals surface area contributed by atoms with Crippen molar-refractivity contribution in [2.45, 2.75) is 19.8 Å². The van der Waals surface area contributed by atoms with Crippen molar-refractivity contribution in [2.75, 3.05) is 11.6 Å². The van der Waals surface area contributed by atoms with Crippen LogP contribution in [0.2, 0.25) is 0 Å². The predicted molar refractivity (Wildman–Crippen MR) is 164 cm³/mol. The van der Waals surface area contributed by atoms with E-state index >= 15 is 0 Å². The number of hydrogen-bond donors (Lipinski definition) is 3. The zero-order chi connectivity index (χ0) is 27.4. The first-order chi connectivity index (χ1) is 18.9. The number of pyridine rings is 1. The van der Waals surface area contributed by atoms with Crippen LogP contribution in [-0.4, -0.2) is 33.3 Å². The van der Waals surface area contributed by atoms with E-state index < -0.39 is 0 Å². The molecule has 2 aromatic heterocycles. The Kier molecular flexibility index (Phi) is 10.5. The highest BCUT2D eigenvalue weighted by atomic mass is 35.5. The summed E-state index contributed by atoms with van der Waals surface area (Å²) in [5, 5.41) is 6.00. The van der Waals surface area contributed by atoms with Gasteiger partial charge < -0.3 is 10.3 Å². The topological polar surface area (TPSA) is 117 Å². The van der Waals surface area contributed by atoms with Crippen LogP contribution in [0.15, 0.2) is 85.2 Å². The highest BCUT2D eigenvalue weighted by molar-refractivity contribution is 5.99. The van der Waals surface area contributed by atoms with Crippen molar-refractivity contribution < 1.29 is 14.0 Å². The Morgan fingerprint density at radius 3 is 2.41 bits per heavy atom. The van der Waals surface area contributed by atoms with Crippen molar-refractivity contribution in [3.63, 3.8) is 0 Å². The van der Waals surface area contributed by atoms with Gasteiger partial charge >= 0.3 is 0 Å². The van der Waals surface area contributed by atoms with E-state index in [1.54, 1.807) is 49.6 Å². The number of hydrazine groups is 1. The molecule has 0 radical (unpaired) electrons. The second-order valence-corrected chi connectivity index (χ2v) is 9.08. The first-order valence-corrected chi connectivity index (χ1v) is 12.6. The number of aromatic nitrogens is 3. The molecule has 5 rings (SSSR count). The zero-order valence-electron chi connectivity index (χ0n) is 22.1. The van der Waals surface area contributed by atoms with Crippen LogP contribution in [0, 0.1) is 5.82 Å². The molecule has 2 amide bonds. The van der Waals surface area contributed by atoms with E-state index in [2.05, 4.69) is 20.3 Å². The fraction of sp³-hybridized carbons (Fsp3) is 0.133. The van der Waals surface area contributed by atoms with Crippen molar-refractivity contribution in [3.8, 4) is 22.8 Å². The summed E-state index contributed by atoms with van der Waals surface area (Å²) in [6.07, 6.45) is 4.20. The number of fused-ring (bicyclic) bond motifs is 1. The molecule has 0 saturated carbocycles. The van der Waals surface area contributed by atoms with Gasteiger partial charge in [-0.05, 0) is 53.8 Å². The van der Waals surface area contributed by atoms with Gasteiger partial charge in [0.05, 0.1) is 17.6 Å². The van der Waals surface area contributed by atoms with Gasteiger partial charge in [0, 0.05) is 35.7 Å². The molecule has 2 heterocycles. The van der Waals surface area contributed by atoms with Crippen molar-refractivity contribution in [1.82, 2.24) is 20.3 Å². The number of imidazole rings is 1. The molecule has 41 heavy (non-hydrogen) atoms. The minimum Gasteiger partial charge on any atom is -0.352 e. The summed E-state index contributed by atoms with van der Waals surface area (Å²) in [6.45, 7) is 2.07. The third kappa shape index (κ3) is 7.26. The first kappa shape index (κ1) is 31.2. The molecule has 212 valence electrons. The van der Waals surface area contributed by atoms with E-state index in [4.69, 9.17) is 5.84 Å². The SMILES string of the molecule is CCC(=O)N(N)c1cc(C(=O)NCCc2ccc(F)cc2)cc(-c2cnc(-c3cc4ccccc4cn3)[nH]2)c1.Cl.Cl. The van der Waals surface area contributed by atoms with Crippen molar-refractivity contribution >= 4 is 53.1 Å². The summed E-state index contributed by atoms with van der Waals surface area (Å²) in [6, 6.07) is 21.0. The fourth-order valence-electron chi connectivity index (χ4n) is 4.24. The lowest BCUT2D eigenvalue weighted by atomic mass is 10.1. The Hall–Kier alpha value is -4.31. The van der Waals surface area contributed by atoms with Crippen molar-refractivity contribution in [3.05, 3.63) is 102 Å². The average Bonchev–Trinajstić information content (AvgIpc) is 3.47. The van der Waals surface area contributed by atoms with Gasteiger partial charge in [0.25, 0.3) is 5.91 Å². The molecule has 0 aliphatic carbocycles. The largest absolute Gasteiger partial charge is 0.352 e. The van der Waals surface area contributed by atoms with Gasteiger partial charge in [-0.15, -0.1) is 24.8 Å². The molecule has 0 spiro atoms. The van der Waals surface area contributed by atoms with Gasteiger partial charge in [0.15, 0.2) is 5.82 Å². The third-order valence-electron chi connectivity index (χ3n) is 6.40. The molecule has 0 aliphatic heterocycles. The molecule has 5 aromatic rings. The molecule has 0 bridgehead atoms. The van der Waals surface area contributed by atoms with Crippen molar-refractivity contribution in [1.29, 1.82) is 0 Å². The number of nitrogens with zero attached hydrogens (tertiary/aromatic N) is 3. The molecule has 3 aromatic carbocycles. The second kappa shape index (κ2) is 13.8. The van der Waals surface area contributed by atoms with Gasteiger partial charge in [-0.25, -0.2) is 20.2 Å². The Bertz CT molecular complexity index is 1660. The molecular formula is C30H29Cl2FN6O2. The predicted octanol–water partition coefficient (Wildman–Crippen LogP) is 5.86. The van der Waals surface area contributed by atoms with Crippen LogP contribution >= 0.6 is 24.8 Å². The summed E-state index contributed by atoms with van der Waals surface area (Å²) >= 11 is 0. The van der Waals surface area contributed by atoms with Gasteiger partial charge in [-0.2, -0.15) is 0 Å². The highest BCUT2D eigenvalue weighted by Crippen LogP contribution is 2.28. The summed E-state index contributed by atoms with van der Waals surface area (Å²) in [4.78, 5) is 37.7. The first-order valence-electron chi connectivity index (χ1n) is 12.6. The monoisotopic (exact) mass is 594 g/mol. The van der Waals surface area contributed by atoms with Gasteiger partial charge in [0.1, 0.15) is 11.5 Å². The number of hydrogen-bond acceptors (Lipinski definition) is 5. The number of carbonyl (C=O) groups is 2. The maximum absolute atomic E-state index is 13.2. The molecule has 11 heteroatoms. The summed E-state index contributed by atoms with van der Waals surface area (Å²) < 4.78 is 13.2. The number of benzene rings is 3. The van der Waals surface area contributed by atoms with Crippen LogP contribution < -0.4 is 16.2 Å². The number of rotatable bonds is 8. The number of amides is 2. The number of aromatic amines is 1. The second-order valence-electron chi connectivity index (χ2n) is 9.08. The van der Waals surface area contributed by atoms with E-state index in [0.717, 1.165) is 21.3 Å². The lowest BCUT2D eigenvalue weighted by Crippen LogP contribution is -2.37. The molecule has 0 unspecified atom stereocenters. The summed E-state index contributed by atoms with van der Waals surface area (Å²) in [5.41, 5.74) is 3.56. The number of nitrogens with two attached hydrogens (primary N) is 1. The summed E-state index contributed by atoms with van der Waals surface area (Å²) in [7, 11) is 0. The standard InChI is InChI=1S/C30H27FN6O2.2ClH/c1-2-28(38)37(32)25-14-22(13-23(15-25)30(39)33-12-11-19-7-9-24(31)10-8-19)27-18-35-29(36-27)26-16-20-5-3-4-6-21(20)17-34-26;;/h3-10,13-18H,2,11-12,32H2,1H3,(H,33,39)(H,35,36);2*1H. The normalized spacial score (nSPS) is 10.4. The van der Waals surface area contributed by atoms with E-state index in [-0.39, 0.29) is 48.9 Å². The number of halogens is 3. The molecular weight excluding hydrogens is 566 g/mol. The van der Waals surface area contributed by atoms with E-state index in [0.29, 0.717) is 47.0 Å². The Morgan fingerprint density at radius 2 is 1.68 bits per heavy atom. The van der Waals surface area contributed by atoms with E-state index in [1.807, 2.05) is 30.3 Å². The van der Waals surface area contributed by atoms with Crippen molar-refractivity contribution in [2.24, 2.45) is 5.84 Å². The molecule has 8 nitrogen and oxygen atoms in total. The highest BCUT2D eigenvalue weighted by Gasteiger charge is 2.17. The smallest absolute Gasteiger partial charge is 0.251 e. The van der Waals surface area contributed by atoms with Crippen LogP contribution in [-0.2, 0) is 11.2 Å². The third-order valence-corrected chi connectivity index (χ3v) is 6.40. The fourth-order valence-corrected chi connectivity index (χ4v) is 4.24. The summed E-state index contributed by atoms with van der Waals surface area (Å²) in [5.74, 6) is 5.73. The quantitative estimate of drug-likeness (QED) is 0.118. The maximum Gasteiger partial charge on any atom is 0.251 e. The van der Waals surface area contributed by atoms with Crippen LogP contribution in [0.25, 0.3) is 33.5 Å². The molecule has 0 saturated heterocycles. The van der Waals surface area contributed by atoms with Gasteiger partial charge in [-0.1, -0.05) is 43.3 Å². The zero-order valence-corrected chi connectivity index (χ0v) is 23.8. The van der Waals surface area contributed by atoms with E-state index in [9.17, 15) is 14.0 Å². The Labute approximate surface area is 249 Å². The number of carbonyl (C=O) groups excluding carboxylic acids is 2.